The van der Waals surface area contributed by atoms with Crippen LogP contribution in [0, 0.1) is 11.3 Å². The monoisotopic (exact) mass is 287 g/mol. The molecule has 0 aliphatic heterocycles. The molecule has 0 N–H and O–H groups in total. The van der Waals surface area contributed by atoms with Crippen molar-refractivity contribution in [1.82, 2.24) is 4.98 Å². The molecule has 0 aliphatic carbocycles. The first kappa shape index (κ1) is 16.2. The van der Waals surface area contributed by atoms with Gasteiger partial charge in [-0.05, 0) is 26.0 Å². The van der Waals surface area contributed by atoms with E-state index in [9.17, 15) is 13.2 Å². The lowest BCUT2D eigenvalue weighted by Crippen LogP contribution is -2.35. The Morgan fingerprint density at radius 2 is 2.05 bits per heavy atom. The second-order valence-corrected chi connectivity index (χ2v) is 4.46. The minimum absolute atomic E-state index is 0.0365. The van der Waals surface area contributed by atoms with Gasteiger partial charge in [-0.3, -0.25) is 0 Å². The number of aromatic nitrogens is 1. The molecule has 0 unspecified atom stereocenters. The van der Waals surface area contributed by atoms with Crippen LogP contribution in [0.2, 0.25) is 0 Å². The van der Waals surface area contributed by atoms with E-state index < -0.39 is 11.9 Å². The van der Waals surface area contributed by atoms with E-state index in [0.29, 0.717) is 13.2 Å². The molecule has 1 aromatic rings. The summed E-state index contributed by atoms with van der Waals surface area (Å²) in [6.45, 7) is 4.33. The number of hydrogen-bond donors (Lipinski definition) is 0. The van der Waals surface area contributed by atoms with Crippen LogP contribution in [0.25, 0.3) is 0 Å². The fraction of sp³-hybridized carbons (Fsp3) is 0.538. The Bertz CT molecular complexity index is 495. The Balaban J connectivity index is 3.27. The first-order chi connectivity index (χ1) is 9.31. The number of rotatable bonds is 5. The molecule has 4 nitrogen and oxygen atoms in total. The average Bonchev–Trinajstić information content (AvgIpc) is 2.37. The van der Waals surface area contributed by atoms with E-state index in [-0.39, 0.29) is 17.4 Å². The molecule has 0 radical (unpaired) electrons. The first-order valence-electron chi connectivity index (χ1n) is 6.05. The van der Waals surface area contributed by atoms with Gasteiger partial charge in [0.15, 0.2) is 0 Å². The number of pyridine rings is 1. The molecular formula is C13H16F3N3O. The second kappa shape index (κ2) is 6.57. The Morgan fingerprint density at radius 1 is 1.40 bits per heavy atom. The van der Waals surface area contributed by atoms with Crippen molar-refractivity contribution in [2.45, 2.75) is 26.1 Å². The molecule has 0 atom stereocenters. The summed E-state index contributed by atoms with van der Waals surface area (Å²) in [5.74, 6) is 0.0365. The largest absolute Gasteiger partial charge is 0.433 e. The number of ether oxygens (including phenoxy) is 1. The molecule has 20 heavy (non-hydrogen) atoms. The van der Waals surface area contributed by atoms with E-state index in [1.807, 2.05) is 19.9 Å². The lowest BCUT2D eigenvalue weighted by atomic mass is 10.2. The predicted molar refractivity (Wildman–Crippen MR) is 68.3 cm³/mol. The van der Waals surface area contributed by atoms with Crippen LogP contribution in [0.1, 0.15) is 25.1 Å². The van der Waals surface area contributed by atoms with E-state index in [1.165, 1.54) is 7.11 Å². The molecule has 1 rings (SSSR count). The maximum atomic E-state index is 12.7. The number of halogens is 3. The highest BCUT2D eigenvalue weighted by Gasteiger charge is 2.33. The number of anilines is 1. The molecule has 7 heteroatoms. The number of methoxy groups -OCH3 is 1. The Morgan fingerprint density at radius 3 is 2.50 bits per heavy atom. The summed E-state index contributed by atoms with van der Waals surface area (Å²) in [5, 5.41) is 9.04. The zero-order chi connectivity index (χ0) is 15.3. The predicted octanol–water partition coefficient (Wildman–Crippen LogP) is 2.83. The number of alkyl halides is 3. The standard InChI is InChI=1S/C13H16F3N3O/c1-9(2)19(6-7-20-3)12-10(8-17)4-5-11(18-12)13(14,15)16/h4-5,9H,6-7H2,1-3H3. The van der Waals surface area contributed by atoms with Crippen LogP contribution >= 0.6 is 0 Å². The van der Waals surface area contributed by atoms with E-state index in [4.69, 9.17) is 10.00 Å². The van der Waals surface area contributed by atoms with Gasteiger partial charge in [0.2, 0.25) is 0 Å². The maximum Gasteiger partial charge on any atom is 0.433 e. The smallest absolute Gasteiger partial charge is 0.383 e. The van der Waals surface area contributed by atoms with Crippen LogP contribution in [-0.4, -0.2) is 31.3 Å². The topological polar surface area (TPSA) is 49.1 Å². The quantitative estimate of drug-likeness (QED) is 0.835. The van der Waals surface area contributed by atoms with E-state index in [0.717, 1.165) is 12.1 Å². The van der Waals surface area contributed by atoms with Crippen LogP contribution in [-0.2, 0) is 10.9 Å². The molecule has 110 valence electrons. The van der Waals surface area contributed by atoms with Gasteiger partial charge in [0.1, 0.15) is 17.6 Å². The molecule has 0 saturated carbocycles. The normalized spacial score (nSPS) is 11.5. The third-order valence-corrected chi connectivity index (χ3v) is 2.72. The van der Waals surface area contributed by atoms with E-state index in [2.05, 4.69) is 4.98 Å². The highest BCUT2D eigenvalue weighted by atomic mass is 19.4. The van der Waals surface area contributed by atoms with Crippen molar-refractivity contribution in [2.24, 2.45) is 0 Å². The van der Waals surface area contributed by atoms with Gasteiger partial charge >= 0.3 is 6.18 Å². The van der Waals surface area contributed by atoms with Gasteiger partial charge in [-0.2, -0.15) is 18.4 Å². The molecule has 1 aromatic heterocycles. The average molecular weight is 287 g/mol. The highest BCUT2D eigenvalue weighted by Crippen LogP contribution is 2.30. The molecule has 0 spiro atoms. The summed E-state index contributed by atoms with van der Waals surface area (Å²) in [7, 11) is 1.50. The Kier molecular flexibility index (Phi) is 5.34. The molecule has 0 aromatic carbocycles. The zero-order valence-electron chi connectivity index (χ0n) is 11.5. The maximum absolute atomic E-state index is 12.7. The van der Waals surface area contributed by atoms with Gasteiger partial charge in [-0.1, -0.05) is 0 Å². The van der Waals surface area contributed by atoms with Crippen LogP contribution in [0.4, 0.5) is 19.0 Å². The zero-order valence-corrected chi connectivity index (χ0v) is 11.5. The number of hydrogen-bond acceptors (Lipinski definition) is 4. The third-order valence-electron chi connectivity index (χ3n) is 2.72. The molecule has 1 heterocycles. The highest BCUT2D eigenvalue weighted by molar-refractivity contribution is 5.55. The summed E-state index contributed by atoms with van der Waals surface area (Å²) >= 11 is 0. The second-order valence-electron chi connectivity index (χ2n) is 4.46. The van der Waals surface area contributed by atoms with E-state index in [1.54, 1.807) is 4.90 Å². The van der Waals surface area contributed by atoms with Crippen molar-refractivity contribution in [3.63, 3.8) is 0 Å². The van der Waals surface area contributed by atoms with Crippen molar-refractivity contribution in [3.05, 3.63) is 23.4 Å². The number of nitrogens with zero attached hydrogens (tertiary/aromatic N) is 3. The summed E-state index contributed by atoms with van der Waals surface area (Å²) < 4.78 is 43.1. The fourth-order valence-electron chi connectivity index (χ4n) is 1.71. The van der Waals surface area contributed by atoms with Gasteiger partial charge in [0, 0.05) is 19.7 Å². The van der Waals surface area contributed by atoms with E-state index >= 15 is 0 Å². The minimum Gasteiger partial charge on any atom is -0.383 e. The lowest BCUT2D eigenvalue weighted by molar-refractivity contribution is -0.141. The Labute approximate surface area is 115 Å². The van der Waals surface area contributed by atoms with Gasteiger partial charge in [-0.25, -0.2) is 4.98 Å². The molecule has 0 saturated heterocycles. The first-order valence-corrected chi connectivity index (χ1v) is 6.05. The molecule has 0 fully saturated rings. The summed E-state index contributed by atoms with van der Waals surface area (Å²) in [6.07, 6.45) is -4.54. The van der Waals surface area contributed by atoms with Crippen LogP contribution in [0.5, 0.6) is 0 Å². The Hall–Kier alpha value is -1.81. The molecule has 0 bridgehead atoms. The van der Waals surface area contributed by atoms with Gasteiger partial charge < -0.3 is 9.64 Å². The van der Waals surface area contributed by atoms with Crippen molar-refractivity contribution in [3.8, 4) is 6.07 Å². The fourth-order valence-corrected chi connectivity index (χ4v) is 1.71. The van der Waals surface area contributed by atoms with Crippen LogP contribution in [0.15, 0.2) is 12.1 Å². The molecule has 0 aliphatic rings. The van der Waals surface area contributed by atoms with Crippen molar-refractivity contribution >= 4 is 5.82 Å². The van der Waals surface area contributed by atoms with Gasteiger partial charge in [0.25, 0.3) is 0 Å². The minimum atomic E-state index is -4.54. The molecular weight excluding hydrogens is 271 g/mol. The summed E-state index contributed by atoms with van der Waals surface area (Å²) in [6, 6.07) is 3.73. The number of nitriles is 1. The van der Waals surface area contributed by atoms with Crippen molar-refractivity contribution in [1.29, 1.82) is 5.26 Å². The van der Waals surface area contributed by atoms with Gasteiger partial charge in [-0.15, -0.1) is 0 Å². The van der Waals surface area contributed by atoms with Gasteiger partial charge in [0.05, 0.1) is 12.2 Å². The molecule has 0 amide bonds. The van der Waals surface area contributed by atoms with Crippen LogP contribution in [0.3, 0.4) is 0 Å². The summed E-state index contributed by atoms with van der Waals surface area (Å²) in [4.78, 5) is 5.23. The van der Waals surface area contributed by atoms with Crippen LogP contribution < -0.4 is 4.90 Å². The van der Waals surface area contributed by atoms with Crippen molar-refractivity contribution < 1.29 is 17.9 Å². The third kappa shape index (κ3) is 3.84. The summed E-state index contributed by atoms with van der Waals surface area (Å²) in [5.41, 5.74) is -0.891. The van der Waals surface area contributed by atoms with Crippen molar-refractivity contribution in [2.75, 3.05) is 25.2 Å². The SMILES string of the molecule is COCCN(c1nc(C(F)(F)F)ccc1C#N)C(C)C. The lowest BCUT2D eigenvalue weighted by Gasteiger charge is -2.28.